The van der Waals surface area contributed by atoms with Gasteiger partial charge in [-0.25, -0.2) is 0 Å². The summed E-state index contributed by atoms with van der Waals surface area (Å²) in [4.78, 5) is 12.7. The van der Waals surface area contributed by atoms with Gasteiger partial charge in [0.2, 0.25) is 5.91 Å². The highest BCUT2D eigenvalue weighted by atomic mass is 35.5. The van der Waals surface area contributed by atoms with Gasteiger partial charge in [-0.1, -0.05) is 68.4 Å². The Hall–Kier alpha value is -1.84. The van der Waals surface area contributed by atoms with E-state index in [0.29, 0.717) is 6.54 Å². The fourth-order valence-electron chi connectivity index (χ4n) is 3.40. The molecular weight excluding hydrogens is 332 g/mol. The number of halogens is 1. The molecule has 25 heavy (non-hydrogen) atoms. The summed E-state index contributed by atoms with van der Waals surface area (Å²) < 4.78 is 0. The maximum absolute atomic E-state index is 12.7. The second kappa shape index (κ2) is 8.50. The lowest BCUT2D eigenvalue weighted by Crippen LogP contribution is -2.44. The predicted octanol–water partition coefficient (Wildman–Crippen LogP) is 3.68. The molecule has 4 heteroatoms. The van der Waals surface area contributed by atoms with E-state index in [-0.39, 0.29) is 24.4 Å². The van der Waals surface area contributed by atoms with Crippen LogP contribution in [-0.2, 0) is 17.6 Å². The van der Waals surface area contributed by atoms with Gasteiger partial charge in [0.15, 0.2) is 0 Å². The number of carbonyl (C=O) groups excluding carboxylic acids is 1. The summed E-state index contributed by atoms with van der Waals surface area (Å²) in [7, 11) is 0. The van der Waals surface area contributed by atoms with Gasteiger partial charge in [0, 0.05) is 18.0 Å². The van der Waals surface area contributed by atoms with E-state index in [2.05, 4.69) is 47.0 Å². The Morgan fingerprint density at radius 1 is 1.12 bits per heavy atom. The molecule has 1 aliphatic heterocycles. The second-order valence-electron chi connectivity index (χ2n) is 7.21. The van der Waals surface area contributed by atoms with Crippen LogP contribution in [0.5, 0.6) is 0 Å². The molecule has 2 N–H and O–H groups in total. The van der Waals surface area contributed by atoms with Crippen molar-refractivity contribution in [3.63, 3.8) is 0 Å². The topological polar surface area (TPSA) is 41.1 Å². The molecule has 0 saturated heterocycles. The lowest BCUT2D eigenvalue weighted by atomic mass is 9.84. The van der Waals surface area contributed by atoms with E-state index in [1.165, 1.54) is 16.7 Å². The maximum Gasteiger partial charge on any atom is 0.226 e. The van der Waals surface area contributed by atoms with Gasteiger partial charge in [-0.3, -0.25) is 4.79 Å². The summed E-state index contributed by atoms with van der Waals surface area (Å²) in [6, 6.07) is 18.9. The molecule has 1 amide bonds. The third-order valence-electron chi connectivity index (χ3n) is 4.79. The summed E-state index contributed by atoms with van der Waals surface area (Å²) in [6.45, 7) is 5.62. The van der Waals surface area contributed by atoms with Crippen LogP contribution in [-0.4, -0.2) is 19.0 Å². The van der Waals surface area contributed by atoms with E-state index in [4.69, 9.17) is 0 Å². The molecule has 0 aromatic heterocycles. The normalized spacial score (nSPS) is 16.5. The average Bonchev–Trinajstić information content (AvgIpc) is 2.60. The van der Waals surface area contributed by atoms with Crippen LogP contribution in [0, 0.1) is 5.41 Å². The van der Waals surface area contributed by atoms with Crippen molar-refractivity contribution in [2.75, 3.05) is 13.1 Å². The summed E-state index contributed by atoms with van der Waals surface area (Å²) >= 11 is 0. The Morgan fingerprint density at radius 2 is 1.80 bits per heavy atom. The number of fused-ring (bicyclic) bond motifs is 1. The van der Waals surface area contributed by atoms with Crippen LogP contribution < -0.4 is 10.6 Å². The fraction of sp³-hybridized carbons (Fsp3) is 0.381. The zero-order chi connectivity index (χ0) is 17.0. The van der Waals surface area contributed by atoms with Gasteiger partial charge in [0.1, 0.15) is 0 Å². The van der Waals surface area contributed by atoms with E-state index < -0.39 is 5.41 Å². The molecule has 2 aromatic carbocycles. The lowest BCUT2D eigenvalue weighted by Gasteiger charge is -2.29. The van der Waals surface area contributed by atoms with Gasteiger partial charge >= 0.3 is 0 Å². The fourth-order valence-corrected chi connectivity index (χ4v) is 3.40. The SMILES string of the molecule is CC(C)(Cc1ccccc1)C(=O)NCC1NCCc2ccccc21.Cl. The Balaban J connectivity index is 0.00000225. The zero-order valence-electron chi connectivity index (χ0n) is 14.9. The minimum Gasteiger partial charge on any atom is -0.354 e. The minimum absolute atomic E-state index is 0. The largest absolute Gasteiger partial charge is 0.354 e. The minimum atomic E-state index is -0.421. The quantitative estimate of drug-likeness (QED) is 0.856. The molecule has 134 valence electrons. The van der Waals surface area contributed by atoms with Crippen molar-refractivity contribution < 1.29 is 4.79 Å². The predicted molar refractivity (Wildman–Crippen MR) is 105 cm³/mol. The lowest BCUT2D eigenvalue weighted by molar-refractivity contribution is -0.129. The Kier molecular flexibility index (Phi) is 6.63. The molecule has 0 spiro atoms. The van der Waals surface area contributed by atoms with E-state index in [1.807, 2.05) is 32.0 Å². The van der Waals surface area contributed by atoms with E-state index >= 15 is 0 Å². The number of benzene rings is 2. The molecule has 2 aromatic rings. The number of nitrogens with one attached hydrogen (secondary N) is 2. The second-order valence-corrected chi connectivity index (χ2v) is 7.21. The maximum atomic E-state index is 12.7. The molecule has 3 rings (SSSR count). The summed E-state index contributed by atoms with van der Waals surface area (Å²) in [5, 5.41) is 6.67. The first kappa shape index (κ1) is 19.5. The van der Waals surface area contributed by atoms with Crippen molar-refractivity contribution in [1.82, 2.24) is 10.6 Å². The third kappa shape index (κ3) is 4.83. The zero-order valence-corrected chi connectivity index (χ0v) is 15.7. The monoisotopic (exact) mass is 358 g/mol. The number of amides is 1. The van der Waals surface area contributed by atoms with Crippen molar-refractivity contribution >= 4 is 18.3 Å². The molecule has 0 radical (unpaired) electrons. The van der Waals surface area contributed by atoms with Crippen molar-refractivity contribution in [3.8, 4) is 0 Å². The molecule has 0 bridgehead atoms. The molecule has 1 aliphatic rings. The third-order valence-corrected chi connectivity index (χ3v) is 4.79. The van der Waals surface area contributed by atoms with Gasteiger partial charge < -0.3 is 10.6 Å². The molecule has 1 heterocycles. The van der Waals surface area contributed by atoms with Crippen LogP contribution in [0.15, 0.2) is 54.6 Å². The van der Waals surface area contributed by atoms with Crippen molar-refractivity contribution in [1.29, 1.82) is 0 Å². The van der Waals surface area contributed by atoms with Gasteiger partial charge in [-0.2, -0.15) is 0 Å². The van der Waals surface area contributed by atoms with Crippen LogP contribution in [0.25, 0.3) is 0 Å². The average molecular weight is 359 g/mol. The first-order valence-electron chi connectivity index (χ1n) is 8.70. The van der Waals surface area contributed by atoms with Gasteiger partial charge in [-0.05, 0) is 36.1 Å². The van der Waals surface area contributed by atoms with Crippen LogP contribution in [0.2, 0.25) is 0 Å². The van der Waals surface area contributed by atoms with Crippen molar-refractivity contribution in [2.45, 2.75) is 32.7 Å². The van der Waals surface area contributed by atoms with E-state index in [0.717, 1.165) is 19.4 Å². The highest BCUT2D eigenvalue weighted by Gasteiger charge is 2.29. The molecule has 0 fully saturated rings. The molecule has 3 nitrogen and oxygen atoms in total. The number of rotatable bonds is 5. The molecular formula is C21H27ClN2O. The smallest absolute Gasteiger partial charge is 0.226 e. The highest BCUT2D eigenvalue weighted by molar-refractivity contribution is 5.85. The molecule has 1 unspecified atom stereocenters. The molecule has 0 saturated carbocycles. The molecule has 1 atom stereocenters. The van der Waals surface area contributed by atoms with E-state index in [1.54, 1.807) is 0 Å². The summed E-state index contributed by atoms with van der Waals surface area (Å²) in [5.41, 5.74) is 3.47. The standard InChI is InChI=1S/C21H26N2O.ClH/c1-21(2,14-16-8-4-3-5-9-16)20(24)23-15-19-18-11-7-6-10-17(18)12-13-22-19;/h3-11,19,22H,12-15H2,1-2H3,(H,23,24);1H. The van der Waals surface area contributed by atoms with Crippen LogP contribution in [0.4, 0.5) is 0 Å². The van der Waals surface area contributed by atoms with Crippen molar-refractivity contribution in [3.05, 3.63) is 71.3 Å². The highest BCUT2D eigenvalue weighted by Crippen LogP contribution is 2.24. The Labute approximate surface area is 156 Å². The van der Waals surface area contributed by atoms with E-state index in [9.17, 15) is 4.79 Å². The Bertz CT molecular complexity index is 700. The van der Waals surface area contributed by atoms with Gasteiger partial charge in [0.05, 0.1) is 0 Å². The van der Waals surface area contributed by atoms with Crippen LogP contribution in [0.3, 0.4) is 0 Å². The van der Waals surface area contributed by atoms with Crippen LogP contribution >= 0.6 is 12.4 Å². The molecule has 0 aliphatic carbocycles. The summed E-state index contributed by atoms with van der Waals surface area (Å²) in [6.07, 6.45) is 1.80. The van der Waals surface area contributed by atoms with Gasteiger partial charge in [0.25, 0.3) is 0 Å². The van der Waals surface area contributed by atoms with Crippen LogP contribution in [0.1, 0.15) is 36.6 Å². The Morgan fingerprint density at radius 3 is 2.56 bits per heavy atom. The number of hydrogen-bond acceptors (Lipinski definition) is 2. The van der Waals surface area contributed by atoms with Crippen molar-refractivity contribution in [2.24, 2.45) is 5.41 Å². The first-order valence-corrected chi connectivity index (χ1v) is 8.70. The first-order chi connectivity index (χ1) is 11.6. The summed E-state index contributed by atoms with van der Waals surface area (Å²) in [5.74, 6) is 0.108. The number of hydrogen-bond donors (Lipinski definition) is 2. The van der Waals surface area contributed by atoms with Gasteiger partial charge in [-0.15, -0.1) is 12.4 Å². The number of carbonyl (C=O) groups is 1.